The van der Waals surface area contributed by atoms with E-state index >= 15 is 0 Å². The highest BCUT2D eigenvalue weighted by molar-refractivity contribution is 9.13. The summed E-state index contributed by atoms with van der Waals surface area (Å²) in [5, 5.41) is 0. The second kappa shape index (κ2) is 5.83. The molecule has 0 aromatic heterocycles. The molecule has 0 bridgehead atoms. The lowest BCUT2D eigenvalue weighted by Crippen LogP contribution is -2.08. The third-order valence-corrected chi connectivity index (χ3v) is 4.15. The van der Waals surface area contributed by atoms with Crippen LogP contribution in [0.5, 0.6) is 0 Å². The first kappa shape index (κ1) is 12.9. The maximum Gasteiger partial charge on any atom is 0.0323 e. The Morgan fingerprint density at radius 2 is 2.00 bits per heavy atom. The Morgan fingerprint density at radius 1 is 1.33 bits per heavy atom. The van der Waals surface area contributed by atoms with Gasteiger partial charge in [0.2, 0.25) is 0 Å². The normalized spacial score (nSPS) is 12.3. The van der Waals surface area contributed by atoms with E-state index in [4.69, 9.17) is 5.73 Å². The van der Waals surface area contributed by atoms with Gasteiger partial charge in [0.15, 0.2) is 0 Å². The van der Waals surface area contributed by atoms with Crippen LogP contribution in [0.1, 0.15) is 19.4 Å². The molecule has 15 heavy (non-hydrogen) atoms. The van der Waals surface area contributed by atoms with Gasteiger partial charge in [-0.1, -0.05) is 31.6 Å². The van der Waals surface area contributed by atoms with E-state index in [0.29, 0.717) is 12.5 Å². The second-order valence-electron chi connectivity index (χ2n) is 3.75. The number of benzene rings is 1. The van der Waals surface area contributed by atoms with Crippen molar-refractivity contribution in [3.8, 4) is 0 Å². The van der Waals surface area contributed by atoms with Crippen LogP contribution in [0.3, 0.4) is 0 Å². The van der Waals surface area contributed by atoms with Crippen LogP contribution in [0, 0.1) is 5.92 Å². The van der Waals surface area contributed by atoms with Crippen molar-refractivity contribution < 1.29 is 0 Å². The molecule has 1 nitrogen and oxygen atoms in total. The SMILES string of the molecule is CC(C)/C(=C/c1ccc(Br)c(Br)c1)CN. The van der Waals surface area contributed by atoms with Gasteiger partial charge in [0.05, 0.1) is 0 Å². The lowest BCUT2D eigenvalue weighted by atomic mass is 10.0. The van der Waals surface area contributed by atoms with Crippen LogP contribution in [0.2, 0.25) is 0 Å². The highest BCUT2D eigenvalue weighted by atomic mass is 79.9. The van der Waals surface area contributed by atoms with Gasteiger partial charge in [0.25, 0.3) is 0 Å². The smallest absolute Gasteiger partial charge is 0.0323 e. The quantitative estimate of drug-likeness (QED) is 0.881. The van der Waals surface area contributed by atoms with Gasteiger partial charge in [-0.3, -0.25) is 0 Å². The zero-order chi connectivity index (χ0) is 11.4. The Bertz CT molecular complexity index is 370. The Morgan fingerprint density at radius 3 is 2.47 bits per heavy atom. The van der Waals surface area contributed by atoms with Gasteiger partial charge < -0.3 is 5.73 Å². The number of rotatable bonds is 3. The van der Waals surface area contributed by atoms with Gasteiger partial charge in [-0.2, -0.15) is 0 Å². The van der Waals surface area contributed by atoms with Crippen LogP contribution < -0.4 is 5.73 Å². The average molecular weight is 333 g/mol. The minimum atomic E-state index is 0.498. The predicted molar refractivity (Wildman–Crippen MR) is 73.7 cm³/mol. The largest absolute Gasteiger partial charge is 0.327 e. The Hall–Kier alpha value is -0.120. The number of hydrogen-bond donors (Lipinski definition) is 1. The van der Waals surface area contributed by atoms with Crippen LogP contribution in [0.15, 0.2) is 32.7 Å². The van der Waals surface area contributed by atoms with Gasteiger partial charge in [0.1, 0.15) is 0 Å². The van der Waals surface area contributed by atoms with Crippen molar-refractivity contribution in [1.82, 2.24) is 0 Å². The van der Waals surface area contributed by atoms with Crippen molar-refractivity contribution in [2.75, 3.05) is 6.54 Å². The third kappa shape index (κ3) is 3.74. The molecule has 0 amide bonds. The molecule has 2 N–H and O–H groups in total. The number of halogens is 2. The first-order valence-electron chi connectivity index (χ1n) is 4.90. The van der Waals surface area contributed by atoms with Crippen LogP contribution in [0.25, 0.3) is 6.08 Å². The first-order chi connectivity index (χ1) is 7.04. The van der Waals surface area contributed by atoms with E-state index in [0.717, 1.165) is 8.95 Å². The van der Waals surface area contributed by atoms with Crippen LogP contribution in [-0.2, 0) is 0 Å². The molecular formula is C12H15Br2N. The zero-order valence-corrected chi connectivity index (χ0v) is 12.1. The summed E-state index contributed by atoms with van der Waals surface area (Å²) in [7, 11) is 0. The summed E-state index contributed by atoms with van der Waals surface area (Å²) in [6.07, 6.45) is 2.15. The molecule has 1 rings (SSSR count). The predicted octanol–water partition coefficient (Wildman–Crippen LogP) is 4.21. The highest BCUT2D eigenvalue weighted by Gasteiger charge is 2.02. The van der Waals surface area contributed by atoms with E-state index in [1.807, 2.05) is 6.07 Å². The lowest BCUT2D eigenvalue weighted by molar-refractivity contribution is 0.752. The maximum atomic E-state index is 5.70. The second-order valence-corrected chi connectivity index (χ2v) is 5.46. The van der Waals surface area contributed by atoms with E-state index in [1.54, 1.807) is 0 Å². The molecular weight excluding hydrogens is 318 g/mol. The standard InChI is InChI=1S/C12H15Br2N/c1-8(2)10(7-15)5-9-3-4-11(13)12(14)6-9/h3-6,8H,7,15H2,1-2H3/b10-5+. The molecule has 0 fully saturated rings. The van der Waals surface area contributed by atoms with E-state index in [-0.39, 0.29) is 0 Å². The molecule has 1 aromatic rings. The van der Waals surface area contributed by atoms with Crippen LogP contribution in [-0.4, -0.2) is 6.54 Å². The van der Waals surface area contributed by atoms with Gasteiger partial charge in [0, 0.05) is 15.5 Å². The van der Waals surface area contributed by atoms with Crippen molar-refractivity contribution in [3.05, 3.63) is 38.3 Å². The summed E-state index contributed by atoms with van der Waals surface area (Å²) < 4.78 is 2.13. The minimum Gasteiger partial charge on any atom is -0.327 e. The molecule has 0 atom stereocenters. The Labute approximate surface area is 108 Å². The van der Waals surface area contributed by atoms with Crippen LogP contribution in [0.4, 0.5) is 0 Å². The van der Waals surface area contributed by atoms with Gasteiger partial charge in [-0.25, -0.2) is 0 Å². The average Bonchev–Trinajstić information content (AvgIpc) is 2.19. The minimum absolute atomic E-state index is 0.498. The molecule has 82 valence electrons. The van der Waals surface area contributed by atoms with E-state index < -0.39 is 0 Å². The summed E-state index contributed by atoms with van der Waals surface area (Å²) in [4.78, 5) is 0. The molecule has 0 radical (unpaired) electrons. The summed E-state index contributed by atoms with van der Waals surface area (Å²) in [6, 6.07) is 6.19. The van der Waals surface area contributed by atoms with Crippen molar-refractivity contribution in [2.24, 2.45) is 11.7 Å². The van der Waals surface area contributed by atoms with E-state index in [2.05, 4.69) is 63.9 Å². The van der Waals surface area contributed by atoms with E-state index in [1.165, 1.54) is 11.1 Å². The summed E-state index contributed by atoms with van der Waals surface area (Å²) in [5.74, 6) is 0.498. The molecule has 0 aliphatic carbocycles. The Balaban J connectivity index is 3.01. The maximum absolute atomic E-state index is 5.70. The number of hydrogen-bond acceptors (Lipinski definition) is 1. The summed E-state index contributed by atoms with van der Waals surface area (Å²) >= 11 is 6.94. The molecule has 0 spiro atoms. The fraction of sp³-hybridized carbons (Fsp3) is 0.333. The monoisotopic (exact) mass is 331 g/mol. The molecule has 0 saturated heterocycles. The molecule has 0 aliphatic rings. The lowest BCUT2D eigenvalue weighted by Gasteiger charge is -2.09. The molecule has 1 aromatic carbocycles. The zero-order valence-electron chi connectivity index (χ0n) is 8.93. The van der Waals surface area contributed by atoms with Gasteiger partial charge >= 0.3 is 0 Å². The summed E-state index contributed by atoms with van der Waals surface area (Å²) in [5.41, 5.74) is 8.15. The van der Waals surface area contributed by atoms with Gasteiger partial charge in [-0.05, 0) is 55.5 Å². The van der Waals surface area contributed by atoms with Crippen molar-refractivity contribution in [1.29, 1.82) is 0 Å². The topological polar surface area (TPSA) is 26.0 Å². The fourth-order valence-electron chi connectivity index (χ4n) is 1.28. The molecule has 0 unspecified atom stereocenters. The summed E-state index contributed by atoms with van der Waals surface area (Å²) in [6.45, 7) is 4.94. The fourth-order valence-corrected chi connectivity index (χ4v) is 1.92. The van der Waals surface area contributed by atoms with Crippen LogP contribution >= 0.6 is 31.9 Å². The molecule has 0 aliphatic heterocycles. The van der Waals surface area contributed by atoms with Crippen molar-refractivity contribution >= 4 is 37.9 Å². The highest BCUT2D eigenvalue weighted by Crippen LogP contribution is 2.25. The number of nitrogens with two attached hydrogens (primary N) is 1. The van der Waals surface area contributed by atoms with Gasteiger partial charge in [-0.15, -0.1) is 0 Å². The Kier molecular flexibility index (Phi) is 5.03. The van der Waals surface area contributed by atoms with Crippen molar-refractivity contribution in [3.63, 3.8) is 0 Å². The molecule has 3 heteroatoms. The van der Waals surface area contributed by atoms with E-state index in [9.17, 15) is 0 Å². The third-order valence-electron chi connectivity index (χ3n) is 2.27. The van der Waals surface area contributed by atoms with Crippen molar-refractivity contribution in [2.45, 2.75) is 13.8 Å². The molecule has 0 saturated carbocycles. The first-order valence-corrected chi connectivity index (χ1v) is 6.48. The molecule has 0 heterocycles.